The molecule has 1 fully saturated rings. The van der Waals surface area contributed by atoms with E-state index in [0.29, 0.717) is 6.04 Å². The number of fused-ring (bicyclic) bond motifs is 1. The van der Waals surface area contributed by atoms with Crippen LogP contribution in [0.15, 0.2) is 12.1 Å². The van der Waals surface area contributed by atoms with Gasteiger partial charge >= 0.3 is 0 Å². The van der Waals surface area contributed by atoms with Gasteiger partial charge in [0, 0.05) is 6.04 Å². The summed E-state index contributed by atoms with van der Waals surface area (Å²) in [4.78, 5) is 0. The van der Waals surface area contributed by atoms with Gasteiger partial charge in [-0.25, -0.2) is 0 Å². The lowest BCUT2D eigenvalue weighted by atomic mass is 9.81. The predicted octanol–water partition coefficient (Wildman–Crippen LogP) is 3.48. The van der Waals surface area contributed by atoms with Crippen molar-refractivity contribution < 1.29 is 4.74 Å². The Labute approximate surface area is 116 Å². The monoisotopic (exact) mass is 259 g/mol. The molecule has 1 aromatic carbocycles. The van der Waals surface area contributed by atoms with Crippen molar-refractivity contribution in [1.82, 2.24) is 5.32 Å². The molecule has 1 atom stereocenters. The van der Waals surface area contributed by atoms with Crippen LogP contribution in [-0.2, 0) is 23.2 Å². The lowest BCUT2D eigenvalue weighted by molar-refractivity contribution is 0.109. The van der Waals surface area contributed by atoms with E-state index in [2.05, 4.69) is 38.2 Å². The van der Waals surface area contributed by atoms with Crippen LogP contribution in [-0.4, -0.2) is 13.2 Å². The molecule has 0 unspecified atom stereocenters. The summed E-state index contributed by atoms with van der Waals surface area (Å²) >= 11 is 0. The molecule has 104 valence electrons. The molecule has 1 aromatic rings. The first-order valence-electron chi connectivity index (χ1n) is 7.53. The third-order valence-corrected chi connectivity index (χ3v) is 4.44. The molecule has 0 aliphatic carbocycles. The van der Waals surface area contributed by atoms with Gasteiger partial charge in [-0.2, -0.15) is 0 Å². The zero-order chi connectivity index (χ0) is 13.5. The standard InChI is InChI=1S/C17H25NO/c1-17(2,3)13-9-12-6-8-19-11-15(12)14(10-13)16-5-4-7-18-16/h9-10,16,18H,4-8,11H2,1-3H3/t16-/m0/s1. The van der Waals surface area contributed by atoms with Crippen molar-refractivity contribution in [2.45, 2.75) is 58.1 Å². The van der Waals surface area contributed by atoms with Crippen LogP contribution < -0.4 is 5.32 Å². The molecular formula is C17H25NO. The summed E-state index contributed by atoms with van der Waals surface area (Å²) in [6.07, 6.45) is 3.62. The van der Waals surface area contributed by atoms with Gasteiger partial charge in [-0.3, -0.25) is 0 Å². The summed E-state index contributed by atoms with van der Waals surface area (Å²) in [6, 6.07) is 5.38. The lowest BCUT2D eigenvalue weighted by Gasteiger charge is -2.28. The van der Waals surface area contributed by atoms with E-state index in [1.54, 1.807) is 0 Å². The fraction of sp³-hybridized carbons (Fsp3) is 0.647. The summed E-state index contributed by atoms with van der Waals surface area (Å²) in [5.74, 6) is 0. The molecule has 0 bridgehead atoms. The second-order valence-electron chi connectivity index (χ2n) is 6.90. The average molecular weight is 259 g/mol. The van der Waals surface area contributed by atoms with Crippen molar-refractivity contribution in [2.75, 3.05) is 13.2 Å². The van der Waals surface area contributed by atoms with Gasteiger partial charge in [0.15, 0.2) is 0 Å². The molecule has 2 nitrogen and oxygen atoms in total. The first-order chi connectivity index (χ1) is 9.05. The second-order valence-corrected chi connectivity index (χ2v) is 6.90. The Morgan fingerprint density at radius 1 is 1.26 bits per heavy atom. The second kappa shape index (κ2) is 4.92. The molecule has 1 saturated heterocycles. The van der Waals surface area contributed by atoms with Crippen molar-refractivity contribution in [3.8, 4) is 0 Å². The van der Waals surface area contributed by atoms with Crippen LogP contribution in [0.2, 0.25) is 0 Å². The topological polar surface area (TPSA) is 21.3 Å². The van der Waals surface area contributed by atoms with Crippen LogP contribution in [0.5, 0.6) is 0 Å². The van der Waals surface area contributed by atoms with Crippen LogP contribution in [0.3, 0.4) is 0 Å². The van der Waals surface area contributed by atoms with E-state index in [1.165, 1.54) is 35.1 Å². The Hall–Kier alpha value is -0.860. The summed E-state index contributed by atoms with van der Waals surface area (Å²) in [7, 11) is 0. The van der Waals surface area contributed by atoms with Crippen LogP contribution in [0, 0.1) is 0 Å². The Morgan fingerprint density at radius 3 is 2.79 bits per heavy atom. The van der Waals surface area contributed by atoms with E-state index >= 15 is 0 Å². The number of hydrogen-bond donors (Lipinski definition) is 1. The molecule has 3 rings (SSSR count). The molecule has 0 aromatic heterocycles. The molecule has 2 heterocycles. The highest BCUT2D eigenvalue weighted by molar-refractivity contribution is 5.44. The van der Waals surface area contributed by atoms with Crippen molar-refractivity contribution in [1.29, 1.82) is 0 Å². The van der Waals surface area contributed by atoms with E-state index in [9.17, 15) is 0 Å². The first-order valence-corrected chi connectivity index (χ1v) is 7.53. The smallest absolute Gasteiger partial charge is 0.0722 e. The molecule has 0 amide bonds. The van der Waals surface area contributed by atoms with Gasteiger partial charge in [0.2, 0.25) is 0 Å². The highest BCUT2D eigenvalue weighted by atomic mass is 16.5. The van der Waals surface area contributed by atoms with E-state index in [0.717, 1.165) is 26.2 Å². The average Bonchev–Trinajstić information content (AvgIpc) is 2.90. The number of benzene rings is 1. The highest BCUT2D eigenvalue weighted by Gasteiger charge is 2.26. The van der Waals surface area contributed by atoms with E-state index < -0.39 is 0 Å². The maximum Gasteiger partial charge on any atom is 0.0722 e. The molecular weight excluding hydrogens is 234 g/mol. The number of rotatable bonds is 1. The normalized spacial score (nSPS) is 23.4. The van der Waals surface area contributed by atoms with Crippen LogP contribution in [0.4, 0.5) is 0 Å². The largest absolute Gasteiger partial charge is 0.376 e. The first kappa shape index (κ1) is 13.1. The fourth-order valence-electron chi connectivity index (χ4n) is 3.21. The van der Waals surface area contributed by atoms with Crippen LogP contribution >= 0.6 is 0 Å². The van der Waals surface area contributed by atoms with Crippen molar-refractivity contribution in [3.05, 3.63) is 34.4 Å². The quantitative estimate of drug-likeness (QED) is 0.833. The molecule has 2 aliphatic rings. The molecule has 2 heteroatoms. The summed E-state index contributed by atoms with van der Waals surface area (Å²) in [5.41, 5.74) is 6.17. The zero-order valence-electron chi connectivity index (χ0n) is 12.4. The van der Waals surface area contributed by atoms with Gasteiger partial charge in [0.1, 0.15) is 0 Å². The van der Waals surface area contributed by atoms with Gasteiger partial charge in [-0.15, -0.1) is 0 Å². The van der Waals surface area contributed by atoms with E-state index in [1.807, 2.05) is 0 Å². The predicted molar refractivity (Wildman–Crippen MR) is 78.5 cm³/mol. The Morgan fingerprint density at radius 2 is 2.11 bits per heavy atom. The third kappa shape index (κ3) is 2.56. The fourth-order valence-corrected chi connectivity index (χ4v) is 3.21. The Kier molecular flexibility index (Phi) is 3.40. The minimum absolute atomic E-state index is 0.223. The van der Waals surface area contributed by atoms with Gasteiger partial charge in [0.05, 0.1) is 13.2 Å². The van der Waals surface area contributed by atoms with Crippen LogP contribution in [0.1, 0.15) is 61.9 Å². The number of ether oxygens (including phenoxy) is 1. The van der Waals surface area contributed by atoms with Crippen LogP contribution in [0.25, 0.3) is 0 Å². The highest BCUT2D eigenvalue weighted by Crippen LogP contribution is 2.35. The van der Waals surface area contributed by atoms with E-state index in [4.69, 9.17) is 4.74 Å². The SMILES string of the molecule is CC(C)(C)c1cc2c(c([C@@H]3CCCN3)c1)COCC2. The maximum atomic E-state index is 5.69. The Bertz CT molecular complexity index is 467. The molecule has 0 spiro atoms. The van der Waals surface area contributed by atoms with Gasteiger partial charge in [0.25, 0.3) is 0 Å². The number of nitrogens with one attached hydrogen (secondary N) is 1. The van der Waals surface area contributed by atoms with Gasteiger partial charge in [-0.05, 0) is 53.5 Å². The summed E-state index contributed by atoms with van der Waals surface area (Å²) < 4.78 is 5.69. The number of hydrogen-bond acceptors (Lipinski definition) is 2. The van der Waals surface area contributed by atoms with Crippen molar-refractivity contribution in [2.24, 2.45) is 0 Å². The minimum Gasteiger partial charge on any atom is -0.376 e. The van der Waals surface area contributed by atoms with Crippen molar-refractivity contribution >= 4 is 0 Å². The lowest BCUT2D eigenvalue weighted by Crippen LogP contribution is -2.22. The zero-order valence-corrected chi connectivity index (χ0v) is 12.4. The Balaban J connectivity index is 2.08. The summed E-state index contributed by atoms with van der Waals surface area (Å²) in [6.45, 7) is 9.74. The minimum atomic E-state index is 0.223. The maximum absolute atomic E-state index is 5.69. The third-order valence-electron chi connectivity index (χ3n) is 4.44. The molecule has 0 saturated carbocycles. The van der Waals surface area contributed by atoms with E-state index in [-0.39, 0.29) is 5.41 Å². The molecule has 19 heavy (non-hydrogen) atoms. The van der Waals surface area contributed by atoms with Crippen molar-refractivity contribution in [3.63, 3.8) is 0 Å². The molecule has 1 N–H and O–H groups in total. The molecule has 2 aliphatic heterocycles. The summed E-state index contributed by atoms with van der Waals surface area (Å²) in [5, 5.41) is 3.65. The molecule has 0 radical (unpaired) electrons. The van der Waals surface area contributed by atoms with Gasteiger partial charge in [-0.1, -0.05) is 32.9 Å². The van der Waals surface area contributed by atoms with Gasteiger partial charge < -0.3 is 10.1 Å².